The quantitative estimate of drug-likeness (QED) is 0.793. The molecule has 0 saturated heterocycles. The minimum Gasteiger partial charge on any atom is -0.398 e. The average Bonchev–Trinajstić information content (AvgIpc) is 2.33. The summed E-state index contributed by atoms with van der Waals surface area (Å²) < 4.78 is 5.73. The highest BCUT2D eigenvalue weighted by molar-refractivity contribution is 9.10. The molecule has 0 aromatic heterocycles. The summed E-state index contributed by atoms with van der Waals surface area (Å²) in [5.74, 6) is -0.135. The van der Waals surface area contributed by atoms with Crippen molar-refractivity contribution in [1.82, 2.24) is 5.32 Å². The van der Waals surface area contributed by atoms with Crippen LogP contribution in [-0.4, -0.2) is 25.7 Å². The first kappa shape index (κ1) is 15.0. The van der Waals surface area contributed by atoms with E-state index < -0.39 is 0 Å². The van der Waals surface area contributed by atoms with Gasteiger partial charge in [0.2, 0.25) is 0 Å². The molecule has 0 saturated carbocycles. The van der Waals surface area contributed by atoms with Crippen LogP contribution in [0, 0.1) is 0 Å². The highest BCUT2D eigenvalue weighted by atomic mass is 79.9. The number of nitrogens with two attached hydrogens (primary N) is 1. The highest BCUT2D eigenvalue weighted by Gasteiger charge is 2.16. The number of methoxy groups -OCH3 is 1. The fourth-order valence-corrected chi connectivity index (χ4v) is 2.18. The Kier molecular flexibility index (Phi) is 6.15. The summed E-state index contributed by atoms with van der Waals surface area (Å²) in [4.78, 5) is 12.1. The summed E-state index contributed by atoms with van der Waals surface area (Å²) in [6.07, 6.45) is 1.88. The minimum absolute atomic E-state index is 0.0285. The second-order valence-electron chi connectivity index (χ2n) is 4.12. The number of carbonyl (C=O) groups excluding carboxylic acids is 1. The van der Waals surface area contributed by atoms with E-state index in [1.807, 2.05) is 0 Å². The maximum atomic E-state index is 12.1. The first-order valence-electron chi connectivity index (χ1n) is 5.94. The van der Waals surface area contributed by atoms with Gasteiger partial charge in [0, 0.05) is 12.8 Å². The number of benzene rings is 1. The number of nitrogen functional groups attached to an aromatic ring is 1. The van der Waals surface area contributed by atoms with Gasteiger partial charge in [-0.1, -0.05) is 19.4 Å². The van der Waals surface area contributed by atoms with E-state index in [1.54, 1.807) is 25.3 Å². The Morgan fingerprint density at radius 3 is 2.89 bits per heavy atom. The summed E-state index contributed by atoms with van der Waals surface area (Å²) in [6.45, 7) is 2.59. The lowest BCUT2D eigenvalue weighted by Gasteiger charge is -2.17. The van der Waals surface area contributed by atoms with Crippen molar-refractivity contribution >= 4 is 27.5 Å². The van der Waals surface area contributed by atoms with E-state index in [2.05, 4.69) is 28.2 Å². The third-order valence-electron chi connectivity index (χ3n) is 2.61. The maximum absolute atomic E-state index is 12.1. The van der Waals surface area contributed by atoms with Crippen LogP contribution in [-0.2, 0) is 4.74 Å². The molecule has 1 amide bonds. The molecule has 100 valence electrons. The lowest BCUT2D eigenvalue weighted by molar-refractivity contribution is 0.0891. The molecule has 4 nitrogen and oxygen atoms in total. The summed E-state index contributed by atoms with van der Waals surface area (Å²) in [5.41, 5.74) is 6.86. The molecule has 0 fully saturated rings. The van der Waals surface area contributed by atoms with Crippen LogP contribution in [0.15, 0.2) is 22.7 Å². The molecule has 0 radical (unpaired) electrons. The lowest BCUT2D eigenvalue weighted by Crippen LogP contribution is -2.38. The van der Waals surface area contributed by atoms with Gasteiger partial charge in [0.25, 0.3) is 5.91 Å². The lowest BCUT2D eigenvalue weighted by atomic mass is 10.1. The van der Waals surface area contributed by atoms with Crippen LogP contribution in [0.1, 0.15) is 30.1 Å². The number of amides is 1. The molecule has 0 bridgehead atoms. The van der Waals surface area contributed by atoms with E-state index in [1.165, 1.54) is 0 Å². The van der Waals surface area contributed by atoms with Crippen molar-refractivity contribution in [2.45, 2.75) is 25.8 Å². The van der Waals surface area contributed by atoms with Crippen LogP contribution in [0.2, 0.25) is 0 Å². The Labute approximate surface area is 116 Å². The second-order valence-corrected chi connectivity index (χ2v) is 4.92. The number of carbonyl (C=O) groups is 1. The van der Waals surface area contributed by atoms with Crippen LogP contribution in [0.5, 0.6) is 0 Å². The summed E-state index contributed by atoms with van der Waals surface area (Å²) in [7, 11) is 1.63. The van der Waals surface area contributed by atoms with Crippen LogP contribution in [0.25, 0.3) is 0 Å². The Morgan fingerprint density at radius 1 is 1.56 bits per heavy atom. The molecule has 0 aliphatic heterocycles. The fourth-order valence-electron chi connectivity index (χ4n) is 1.74. The fraction of sp³-hybridized carbons (Fsp3) is 0.462. The van der Waals surface area contributed by atoms with Crippen LogP contribution in [0.4, 0.5) is 5.69 Å². The molecule has 1 rings (SSSR count). The maximum Gasteiger partial charge on any atom is 0.252 e. The molecule has 1 aromatic rings. The van der Waals surface area contributed by atoms with Gasteiger partial charge in [-0.15, -0.1) is 0 Å². The standard InChI is InChI=1S/C13H19BrN2O2/c1-3-5-9(8-18-2)16-13(17)10-6-4-7-11(15)12(10)14/h4,6-7,9H,3,5,8,15H2,1-2H3,(H,16,17). The SMILES string of the molecule is CCCC(COC)NC(=O)c1cccc(N)c1Br. The van der Waals surface area contributed by atoms with Crippen LogP contribution >= 0.6 is 15.9 Å². The Hall–Kier alpha value is -1.07. The third-order valence-corrected chi connectivity index (χ3v) is 3.50. The van der Waals surface area contributed by atoms with Crippen molar-refractivity contribution in [2.75, 3.05) is 19.5 Å². The molecule has 18 heavy (non-hydrogen) atoms. The number of ether oxygens (including phenoxy) is 1. The first-order chi connectivity index (χ1) is 8.60. The van der Waals surface area contributed by atoms with Gasteiger partial charge in [-0.2, -0.15) is 0 Å². The van der Waals surface area contributed by atoms with E-state index in [0.717, 1.165) is 12.8 Å². The van der Waals surface area contributed by atoms with Crippen molar-refractivity contribution in [1.29, 1.82) is 0 Å². The Morgan fingerprint density at radius 2 is 2.28 bits per heavy atom. The van der Waals surface area contributed by atoms with Gasteiger partial charge < -0.3 is 15.8 Å². The number of anilines is 1. The van der Waals surface area contributed by atoms with Crippen LogP contribution < -0.4 is 11.1 Å². The topological polar surface area (TPSA) is 64.3 Å². The normalized spacial score (nSPS) is 12.2. The van der Waals surface area contributed by atoms with E-state index in [9.17, 15) is 4.79 Å². The van der Waals surface area contributed by atoms with E-state index in [0.29, 0.717) is 22.3 Å². The second kappa shape index (κ2) is 7.38. The average molecular weight is 315 g/mol. The number of hydrogen-bond acceptors (Lipinski definition) is 3. The van der Waals surface area contributed by atoms with Crippen LogP contribution in [0.3, 0.4) is 0 Å². The van der Waals surface area contributed by atoms with Crippen molar-refractivity contribution < 1.29 is 9.53 Å². The van der Waals surface area contributed by atoms with E-state index in [4.69, 9.17) is 10.5 Å². The zero-order valence-electron chi connectivity index (χ0n) is 10.7. The first-order valence-corrected chi connectivity index (χ1v) is 6.73. The molecule has 5 heteroatoms. The molecular formula is C13H19BrN2O2. The largest absolute Gasteiger partial charge is 0.398 e. The molecule has 3 N–H and O–H groups in total. The van der Waals surface area contributed by atoms with Crippen molar-refractivity contribution in [2.24, 2.45) is 0 Å². The highest BCUT2D eigenvalue weighted by Crippen LogP contribution is 2.23. The zero-order chi connectivity index (χ0) is 13.5. The third kappa shape index (κ3) is 3.99. The van der Waals surface area contributed by atoms with Gasteiger partial charge in [-0.25, -0.2) is 0 Å². The summed E-state index contributed by atoms with van der Waals surface area (Å²) in [6, 6.07) is 5.28. The zero-order valence-corrected chi connectivity index (χ0v) is 12.3. The number of nitrogens with one attached hydrogen (secondary N) is 1. The van der Waals surface area contributed by atoms with Gasteiger partial charge in [-0.05, 0) is 34.5 Å². The summed E-state index contributed by atoms with van der Waals surface area (Å²) >= 11 is 3.33. The number of rotatable bonds is 6. The molecule has 1 atom stereocenters. The van der Waals surface area contributed by atoms with Gasteiger partial charge >= 0.3 is 0 Å². The molecule has 0 aliphatic rings. The predicted octanol–water partition coefficient (Wildman–Crippen LogP) is 2.58. The van der Waals surface area contributed by atoms with E-state index in [-0.39, 0.29) is 11.9 Å². The number of hydrogen-bond donors (Lipinski definition) is 2. The van der Waals surface area contributed by atoms with Gasteiger partial charge in [0.15, 0.2) is 0 Å². The van der Waals surface area contributed by atoms with Gasteiger partial charge in [0.1, 0.15) is 0 Å². The molecule has 0 aliphatic carbocycles. The molecule has 0 spiro atoms. The molecule has 1 unspecified atom stereocenters. The molecule has 0 heterocycles. The van der Waals surface area contributed by atoms with Crippen molar-refractivity contribution in [3.8, 4) is 0 Å². The minimum atomic E-state index is -0.135. The molecule has 1 aromatic carbocycles. The Balaban J connectivity index is 2.77. The van der Waals surface area contributed by atoms with Gasteiger partial charge in [-0.3, -0.25) is 4.79 Å². The van der Waals surface area contributed by atoms with Crippen molar-refractivity contribution in [3.05, 3.63) is 28.2 Å². The summed E-state index contributed by atoms with van der Waals surface area (Å²) in [5, 5.41) is 2.95. The van der Waals surface area contributed by atoms with Crippen molar-refractivity contribution in [3.63, 3.8) is 0 Å². The monoisotopic (exact) mass is 314 g/mol. The van der Waals surface area contributed by atoms with E-state index >= 15 is 0 Å². The molecular weight excluding hydrogens is 296 g/mol. The Bertz CT molecular complexity index is 404. The number of halogens is 1. The predicted molar refractivity (Wildman–Crippen MR) is 76.6 cm³/mol. The van der Waals surface area contributed by atoms with Gasteiger partial charge in [0.05, 0.1) is 22.7 Å². The smallest absolute Gasteiger partial charge is 0.252 e.